The number of aliphatic hydroxyl groups excluding tert-OH is 1. The number of hydrogen-bond donors (Lipinski definition) is 2. The first-order valence-electron chi connectivity index (χ1n) is 5.50. The van der Waals surface area contributed by atoms with Gasteiger partial charge in [-0.1, -0.05) is 11.6 Å². The van der Waals surface area contributed by atoms with Crippen molar-refractivity contribution in [2.45, 2.75) is 19.9 Å². The van der Waals surface area contributed by atoms with Crippen LogP contribution in [0.15, 0.2) is 18.2 Å². The van der Waals surface area contributed by atoms with Crippen LogP contribution in [0.1, 0.15) is 18.9 Å². The Kier molecular flexibility index (Phi) is 6.23. The van der Waals surface area contributed by atoms with Crippen molar-refractivity contribution in [1.29, 1.82) is 0 Å². The Hall–Kier alpha value is -0.770. The lowest BCUT2D eigenvalue weighted by Crippen LogP contribution is -2.16. The molecule has 0 saturated carbocycles. The summed E-state index contributed by atoms with van der Waals surface area (Å²) in [6.07, 6.45) is 0.754. The summed E-state index contributed by atoms with van der Waals surface area (Å²) in [7, 11) is 0. The van der Waals surface area contributed by atoms with Crippen LogP contribution in [0.4, 0.5) is 0 Å². The number of nitrogens with one attached hydrogen (secondary N) is 1. The van der Waals surface area contributed by atoms with E-state index in [0.29, 0.717) is 18.2 Å². The van der Waals surface area contributed by atoms with E-state index in [4.69, 9.17) is 21.4 Å². The van der Waals surface area contributed by atoms with Gasteiger partial charge in [0.15, 0.2) is 0 Å². The van der Waals surface area contributed by atoms with Gasteiger partial charge in [0.2, 0.25) is 0 Å². The Balaban J connectivity index is 2.57. The van der Waals surface area contributed by atoms with Crippen LogP contribution in [0.25, 0.3) is 0 Å². The quantitative estimate of drug-likeness (QED) is 0.722. The molecule has 0 radical (unpaired) electrons. The monoisotopic (exact) mass is 243 g/mol. The highest BCUT2D eigenvalue weighted by Crippen LogP contribution is 2.22. The summed E-state index contributed by atoms with van der Waals surface area (Å²) in [5.41, 5.74) is 1.05. The van der Waals surface area contributed by atoms with Gasteiger partial charge in [-0.3, -0.25) is 0 Å². The molecule has 0 aliphatic heterocycles. The van der Waals surface area contributed by atoms with Gasteiger partial charge in [0.25, 0.3) is 0 Å². The zero-order valence-corrected chi connectivity index (χ0v) is 10.3. The molecule has 0 fully saturated rings. The number of hydrogen-bond acceptors (Lipinski definition) is 3. The summed E-state index contributed by atoms with van der Waals surface area (Å²) in [6, 6.07) is 5.61. The molecule has 0 aromatic heterocycles. The molecule has 0 bridgehead atoms. The molecule has 1 aromatic carbocycles. The topological polar surface area (TPSA) is 41.5 Å². The normalized spacial score (nSPS) is 10.4. The molecule has 2 N–H and O–H groups in total. The van der Waals surface area contributed by atoms with Gasteiger partial charge in [-0.2, -0.15) is 0 Å². The number of aliphatic hydroxyl groups is 1. The van der Waals surface area contributed by atoms with E-state index < -0.39 is 0 Å². The van der Waals surface area contributed by atoms with Crippen LogP contribution in [-0.4, -0.2) is 24.9 Å². The zero-order valence-electron chi connectivity index (χ0n) is 9.50. The van der Waals surface area contributed by atoms with E-state index >= 15 is 0 Å². The SMILES string of the molecule is CCOc1ccc(Cl)cc1CNCCCO. The Morgan fingerprint density at radius 1 is 1.44 bits per heavy atom. The van der Waals surface area contributed by atoms with Crippen molar-refractivity contribution in [3.63, 3.8) is 0 Å². The van der Waals surface area contributed by atoms with Crippen molar-refractivity contribution in [1.82, 2.24) is 5.32 Å². The molecule has 0 aliphatic rings. The molecule has 0 unspecified atom stereocenters. The Morgan fingerprint density at radius 2 is 2.25 bits per heavy atom. The minimum absolute atomic E-state index is 0.209. The fourth-order valence-corrected chi connectivity index (χ4v) is 1.60. The lowest BCUT2D eigenvalue weighted by molar-refractivity contribution is 0.285. The molecule has 0 spiro atoms. The molecule has 0 heterocycles. The Morgan fingerprint density at radius 3 is 2.94 bits per heavy atom. The molecule has 3 nitrogen and oxygen atoms in total. The van der Waals surface area contributed by atoms with Crippen LogP contribution < -0.4 is 10.1 Å². The van der Waals surface area contributed by atoms with Gasteiger partial charge >= 0.3 is 0 Å². The molecular weight excluding hydrogens is 226 g/mol. The lowest BCUT2D eigenvalue weighted by Gasteiger charge is -2.11. The third-order valence-electron chi connectivity index (χ3n) is 2.15. The fourth-order valence-electron chi connectivity index (χ4n) is 1.41. The van der Waals surface area contributed by atoms with Crippen LogP contribution >= 0.6 is 11.6 Å². The van der Waals surface area contributed by atoms with Crippen LogP contribution in [0.3, 0.4) is 0 Å². The van der Waals surface area contributed by atoms with E-state index in [1.54, 1.807) is 0 Å². The molecule has 0 atom stereocenters. The maximum absolute atomic E-state index is 8.66. The molecule has 4 heteroatoms. The zero-order chi connectivity index (χ0) is 11.8. The average molecular weight is 244 g/mol. The Labute approximate surface area is 101 Å². The van der Waals surface area contributed by atoms with Crippen LogP contribution in [0.5, 0.6) is 5.75 Å². The summed E-state index contributed by atoms with van der Waals surface area (Å²) < 4.78 is 5.50. The first-order chi connectivity index (χ1) is 7.77. The average Bonchev–Trinajstić information content (AvgIpc) is 2.28. The van der Waals surface area contributed by atoms with Gasteiger partial charge in [0, 0.05) is 23.7 Å². The number of rotatable bonds is 7. The first-order valence-corrected chi connectivity index (χ1v) is 5.88. The van der Waals surface area contributed by atoms with Gasteiger partial charge in [0.05, 0.1) is 6.61 Å². The van der Waals surface area contributed by atoms with E-state index in [-0.39, 0.29) is 6.61 Å². The number of halogens is 1. The minimum atomic E-state index is 0.209. The Bertz CT molecular complexity index is 318. The smallest absolute Gasteiger partial charge is 0.123 e. The molecule has 90 valence electrons. The van der Waals surface area contributed by atoms with Gasteiger partial charge < -0.3 is 15.2 Å². The largest absolute Gasteiger partial charge is 0.494 e. The van der Waals surface area contributed by atoms with E-state index in [1.807, 2.05) is 25.1 Å². The van der Waals surface area contributed by atoms with Crippen molar-refractivity contribution < 1.29 is 9.84 Å². The number of benzene rings is 1. The predicted molar refractivity (Wildman–Crippen MR) is 66.0 cm³/mol. The van der Waals surface area contributed by atoms with E-state index in [0.717, 1.165) is 24.3 Å². The maximum Gasteiger partial charge on any atom is 0.123 e. The summed E-state index contributed by atoms with van der Waals surface area (Å²) >= 11 is 5.93. The molecule has 1 aromatic rings. The van der Waals surface area contributed by atoms with E-state index in [1.165, 1.54) is 0 Å². The summed E-state index contributed by atoms with van der Waals surface area (Å²) in [6.45, 7) is 4.30. The van der Waals surface area contributed by atoms with Crippen molar-refractivity contribution in [3.8, 4) is 5.75 Å². The van der Waals surface area contributed by atoms with Gasteiger partial charge in [0.1, 0.15) is 5.75 Å². The summed E-state index contributed by atoms with van der Waals surface area (Å²) in [5.74, 6) is 0.864. The third-order valence-corrected chi connectivity index (χ3v) is 2.38. The lowest BCUT2D eigenvalue weighted by atomic mass is 10.2. The van der Waals surface area contributed by atoms with Crippen LogP contribution in [0, 0.1) is 0 Å². The van der Waals surface area contributed by atoms with Crippen LogP contribution in [0.2, 0.25) is 5.02 Å². The van der Waals surface area contributed by atoms with Crippen molar-refractivity contribution in [3.05, 3.63) is 28.8 Å². The van der Waals surface area contributed by atoms with E-state index in [9.17, 15) is 0 Å². The van der Waals surface area contributed by atoms with Gasteiger partial charge in [-0.05, 0) is 38.1 Å². The first kappa shape index (κ1) is 13.3. The van der Waals surface area contributed by atoms with Crippen LogP contribution in [-0.2, 0) is 6.54 Å². The molecular formula is C12H18ClNO2. The highest BCUT2D eigenvalue weighted by Gasteiger charge is 2.03. The van der Waals surface area contributed by atoms with E-state index in [2.05, 4.69) is 5.32 Å². The van der Waals surface area contributed by atoms with Crippen molar-refractivity contribution >= 4 is 11.6 Å². The predicted octanol–water partition coefficient (Wildman–Crippen LogP) is 2.21. The molecule has 0 aliphatic carbocycles. The molecule has 0 amide bonds. The van der Waals surface area contributed by atoms with Crippen molar-refractivity contribution in [2.24, 2.45) is 0 Å². The fraction of sp³-hybridized carbons (Fsp3) is 0.500. The maximum atomic E-state index is 8.66. The summed E-state index contributed by atoms with van der Waals surface area (Å²) in [5, 5.41) is 12.6. The molecule has 1 rings (SSSR count). The second kappa shape index (κ2) is 7.49. The summed E-state index contributed by atoms with van der Waals surface area (Å²) in [4.78, 5) is 0. The molecule has 16 heavy (non-hydrogen) atoms. The highest BCUT2D eigenvalue weighted by atomic mass is 35.5. The highest BCUT2D eigenvalue weighted by molar-refractivity contribution is 6.30. The third kappa shape index (κ3) is 4.39. The number of ether oxygens (including phenoxy) is 1. The molecule has 0 saturated heterocycles. The van der Waals surface area contributed by atoms with Gasteiger partial charge in [-0.25, -0.2) is 0 Å². The standard InChI is InChI=1S/C12H18ClNO2/c1-2-16-12-5-4-11(13)8-10(12)9-14-6-3-7-15/h4-5,8,14-15H,2-3,6-7,9H2,1H3. The van der Waals surface area contributed by atoms with Crippen molar-refractivity contribution in [2.75, 3.05) is 19.8 Å². The second-order valence-electron chi connectivity index (χ2n) is 3.44. The minimum Gasteiger partial charge on any atom is -0.494 e. The van der Waals surface area contributed by atoms with Gasteiger partial charge in [-0.15, -0.1) is 0 Å². The second-order valence-corrected chi connectivity index (χ2v) is 3.88.